The number of aliphatic hydroxyl groups excluding tert-OH is 1. The molecule has 4 heteroatoms. The smallest absolute Gasteiger partial charge is 0.120 e. The fourth-order valence-electron chi connectivity index (χ4n) is 2.77. The topological polar surface area (TPSA) is 72.7 Å². The first kappa shape index (κ1) is 13.2. The van der Waals surface area contributed by atoms with Crippen molar-refractivity contribution in [3.63, 3.8) is 0 Å². The van der Waals surface area contributed by atoms with Gasteiger partial charge in [-0.3, -0.25) is 0 Å². The zero-order valence-corrected chi connectivity index (χ0v) is 10.6. The lowest BCUT2D eigenvalue weighted by Crippen LogP contribution is -2.35. The Morgan fingerprint density at radius 2 is 2.11 bits per heavy atom. The van der Waals surface area contributed by atoms with Crippen molar-refractivity contribution in [2.24, 2.45) is 5.92 Å². The van der Waals surface area contributed by atoms with Gasteiger partial charge >= 0.3 is 0 Å². The van der Waals surface area contributed by atoms with Gasteiger partial charge in [-0.1, -0.05) is 6.42 Å². The first-order chi connectivity index (χ1) is 8.61. The molecule has 18 heavy (non-hydrogen) atoms. The Bertz CT molecular complexity index is 408. The molecule has 0 amide bonds. The number of nitrogens with one attached hydrogen (secondary N) is 1. The highest BCUT2D eigenvalue weighted by atomic mass is 16.3. The average molecular weight is 251 g/mol. The summed E-state index contributed by atoms with van der Waals surface area (Å²) in [6, 6.07) is 4.79. The number of phenols is 2. The lowest BCUT2D eigenvalue weighted by molar-refractivity contribution is 0.200. The van der Waals surface area contributed by atoms with E-state index in [0.717, 1.165) is 19.3 Å². The third-order valence-corrected chi connectivity index (χ3v) is 3.84. The molecular formula is C14H21NO3. The van der Waals surface area contributed by atoms with Gasteiger partial charge in [0.1, 0.15) is 11.5 Å². The minimum Gasteiger partial charge on any atom is -0.508 e. The van der Waals surface area contributed by atoms with E-state index in [4.69, 9.17) is 0 Å². The van der Waals surface area contributed by atoms with E-state index in [1.807, 2.05) is 6.92 Å². The van der Waals surface area contributed by atoms with Gasteiger partial charge in [0.2, 0.25) is 0 Å². The second-order valence-electron chi connectivity index (χ2n) is 5.11. The maximum atomic E-state index is 9.80. The SMILES string of the molecule is CC(NC1CCCC1CO)c1cc(O)ccc1O. The van der Waals surface area contributed by atoms with Crippen molar-refractivity contribution >= 4 is 0 Å². The van der Waals surface area contributed by atoms with Crippen LogP contribution in [0.25, 0.3) is 0 Å². The van der Waals surface area contributed by atoms with E-state index in [2.05, 4.69) is 5.32 Å². The molecule has 0 heterocycles. The first-order valence-electron chi connectivity index (χ1n) is 6.50. The molecule has 4 N–H and O–H groups in total. The zero-order valence-electron chi connectivity index (χ0n) is 10.6. The zero-order chi connectivity index (χ0) is 13.1. The van der Waals surface area contributed by atoms with Gasteiger partial charge in [0.25, 0.3) is 0 Å². The Kier molecular flexibility index (Phi) is 4.09. The molecule has 100 valence electrons. The van der Waals surface area contributed by atoms with E-state index in [9.17, 15) is 15.3 Å². The standard InChI is InChI=1S/C14H21NO3/c1-9(12-7-11(17)5-6-14(12)18)15-13-4-2-3-10(13)8-16/h5-7,9-10,13,15-18H,2-4,8H2,1H3. The van der Waals surface area contributed by atoms with Gasteiger partial charge in [0.15, 0.2) is 0 Å². The predicted molar refractivity (Wildman–Crippen MR) is 69.5 cm³/mol. The largest absolute Gasteiger partial charge is 0.508 e. The lowest BCUT2D eigenvalue weighted by atomic mass is 10.0. The van der Waals surface area contributed by atoms with Gasteiger partial charge in [-0.15, -0.1) is 0 Å². The Hall–Kier alpha value is -1.26. The van der Waals surface area contributed by atoms with Crippen LogP contribution in [0.5, 0.6) is 11.5 Å². The molecule has 4 nitrogen and oxygen atoms in total. The van der Waals surface area contributed by atoms with Crippen LogP contribution in [0.1, 0.15) is 37.8 Å². The third kappa shape index (κ3) is 2.76. The Morgan fingerprint density at radius 1 is 1.33 bits per heavy atom. The fourth-order valence-corrected chi connectivity index (χ4v) is 2.77. The van der Waals surface area contributed by atoms with Crippen molar-refractivity contribution in [1.29, 1.82) is 0 Å². The monoisotopic (exact) mass is 251 g/mol. The van der Waals surface area contributed by atoms with Crippen LogP contribution in [-0.2, 0) is 0 Å². The molecule has 2 rings (SSSR count). The number of aromatic hydroxyl groups is 2. The highest BCUT2D eigenvalue weighted by Crippen LogP contribution is 2.31. The molecular weight excluding hydrogens is 230 g/mol. The molecule has 1 fully saturated rings. The quantitative estimate of drug-likeness (QED) is 0.617. The van der Waals surface area contributed by atoms with Crippen LogP contribution in [0, 0.1) is 5.92 Å². The molecule has 0 spiro atoms. The lowest BCUT2D eigenvalue weighted by Gasteiger charge is -2.24. The summed E-state index contributed by atoms with van der Waals surface area (Å²) >= 11 is 0. The van der Waals surface area contributed by atoms with Gasteiger partial charge in [0, 0.05) is 24.3 Å². The second kappa shape index (κ2) is 5.59. The maximum Gasteiger partial charge on any atom is 0.120 e. The van der Waals surface area contributed by atoms with Crippen molar-refractivity contribution in [2.75, 3.05) is 6.61 Å². The van der Waals surface area contributed by atoms with Gasteiger partial charge < -0.3 is 20.6 Å². The summed E-state index contributed by atoms with van der Waals surface area (Å²) in [5.74, 6) is 0.639. The second-order valence-corrected chi connectivity index (χ2v) is 5.11. The first-order valence-corrected chi connectivity index (χ1v) is 6.50. The molecule has 1 aromatic rings. The summed E-state index contributed by atoms with van der Waals surface area (Å²) in [6.07, 6.45) is 3.23. The van der Waals surface area contributed by atoms with Crippen LogP contribution in [0.15, 0.2) is 18.2 Å². The average Bonchev–Trinajstić information content (AvgIpc) is 2.79. The summed E-state index contributed by atoms with van der Waals surface area (Å²) < 4.78 is 0. The number of rotatable bonds is 4. The minimum absolute atomic E-state index is 0.0470. The molecule has 1 aromatic carbocycles. The minimum atomic E-state index is -0.0470. The fraction of sp³-hybridized carbons (Fsp3) is 0.571. The van der Waals surface area contributed by atoms with Crippen molar-refractivity contribution < 1.29 is 15.3 Å². The van der Waals surface area contributed by atoms with Crippen molar-refractivity contribution in [3.05, 3.63) is 23.8 Å². The molecule has 3 unspecified atom stereocenters. The summed E-state index contributed by atoms with van der Waals surface area (Å²) in [7, 11) is 0. The van der Waals surface area contributed by atoms with E-state index < -0.39 is 0 Å². The summed E-state index contributed by atoms with van der Waals surface area (Å²) in [4.78, 5) is 0. The summed E-state index contributed by atoms with van der Waals surface area (Å²) in [6.45, 7) is 2.16. The number of phenolic OH excluding ortho intramolecular Hbond substituents is 2. The Morgan fingerprint density at radius 3 is 2.83 bits per heavy atom. The van der Waals surface area contributed by atoms with Crippen LogP contribution in [0.3, 0.4) is 0 Å². The van der Waals surface area contributed by atoms with Crippen molar-refractivity contribution in [2.45, 2.75) is 38.3 Å². The van der Waals surface area contributed by atoms with E-state index in [1.54, 1.807) is 6.07 Å². The normalized spacial score (nSPS) is 25.2. The summed E-state index contributed by atoms with van der Waals surface area (Å²) in [5.41, 5.74) is 0.693. The van der Waals surface area contributed by atoms with Crippen LogP contribution in [-0.4, -0.2) is 28.0 Å². The number of hydrogen-bond donors (Lipinski definition) is 4. The van der Waals surface area contributed by atoms with Gasteiger partial charge in [-0.05, 0) is 43.9 Å². The molecule has 1 aliphatic carbocycles. The van der Waals surface area contributed by atoms with Crippen LogP contribution in [0.4, 0.5) is 0 Å². The molecule has 1 aliphatic rings. The maximum absolute atomic E-state index is 9.80. The molecule has 0 radical (unpaired) electrons. The van der Waals surface area contributed by atoms with Crippen molar-refractivity contribution in [3.8, 4) is 11.5 Å². The molecule has 0 aliphatic heterocycles. The van der Waals surface area contributed by atoms with E-state index in [-0.39, 0.29) is 30.2 Å². The van der Waals surface area contributed by atoms with Crippen LogP contribution >= 0.6 is 0 Å². The van der Waals surface area contributed by atoms with E-state index in [0.29, 0.717) is 11.5 Å². The van der Waals surface area contributed by atoms with Crippen LogP contribution < -0.4 is 5.32 Å². The molecule has 0 bridgehead atoms. The highest BCUT2D eigenvalue weighted by molar-refractivity contribution is 5.40. The third-order valence-electron chi connectivity index (χ3n) is 3.84. The molecule has 0 aromatic heterocycles. The van der Waals surface area contributed by atoms with Gasteiger partial charge in [-0.2, -0.15) is 0 Å². The molecule has 1 saturated carbocycles. The van der Waals surface area contributed by atoms with Gasteiger partial charge in [0.05, 0.1) is 0 Å². The predicted octanol–water partition coefficient (Wildman–Crippen LogP) is 1.91. The highest BCUT2D eigenvalue weighted by Gasteiger charge is 2.28. The molecule has 0 saturated heterocycles. The summed E-state index contributed by atoms with van der Waals surface area (Å²) in [5, 5.41) is 32.0. The molecule has 3 atom stereocenters. The van der Waals surface area contributed by atoms with Gasteiger partial charge in [-0.25, -0.2) is 0 Å². The van der Waals surface area contributed by atoms with Crippen LogP contribution in [0.2, 0.25) is 0 Å². The Balaban J connectivity index is 2.07. The number of aliphatic hydroxyl groups is 1. The number of hydrogen-bond acceptors (Lipinski definition) is 4. The van der Waals surface area contributed by atoms with E-state index >= 15 is 0 Å². The van der Waals surface area contributed by atoms with Crippen molar-refractivity contribution in [1.82, 2.24) is 5.32 Å². The number of benzene rings is 1. The van der Waals surface area contributed by atoms with E-state index in [1.165, 1.54) is 12.1 Å². The Labute approximate surface area is 107 Å².